The largest absolute Gasteiger partial charge is 0.398 e. The molecular weight excluding hydrogens is 306 g/mol. The molecule has 0 fully saturated rings. The zero-order valence-corrected chi connectivity index (χ0v) is 13.8. The summed E-state index contributed by atoms with van der Waals surface area (Å²) in [5.41, 5.74) is 7.14. The molecule has 114 valence electrons. The van der Waals surface area contributed by atoms with Crippen LogP contribution in [0.5, 0.6) is 0 Å². The highest BCUT2D eigenvalue weighted by Crippen LogP contribution is 2.23. The summed E-state index contributed by atoms with van der Waals surface area (Å²) >= 11 is 5.86. The molecule has 0 saturated heterocycles. The number of aromatic nitrogens is 2. The fraction of sp³-hybridized carbons (Fsp3) is 0.400. The van der Waals surface area contributed by atoms with Gasteiger partial charge in [-0.05, 0) is 37.1 Å². The van der Waals surface area contributed by atoms with E-state index in [-0.39, 0.29) is 0 Å². The van der Waals surface area contributed by atoms with E-state index >= 15 is 0 Å². The van der Waals surface area contributed by atoms with Gasteiger partial charge in [0.15, 0.2) is 0 Å². The molecular formula is C15H20ClN3OS. The first kappa shape index (κ1) is 16.0. The van der Waals surface area contributed by atoms with Crippen LogP contribution in [0.15, 0.2) is 35.4 Å². The molecule has 0 spiro atoms. The molecule has 0 amide bonds. The molecule has 1 aromatic heterocycles. The summed E-state index contributed by atoms with van der Waals surface area (Å²) in [5.74, 6) is 0.360. The maximum atomic E-state index is 12.4. The first-order valence-corrected chi connectivity index (χ1v) is 8.72. The Bertz CT molecular complexity index is 638. The maximum absolute atomic E-state index is 12.4. The summed E-state index contributed by atoms with van der Waals surface area (Å²) in [5, 5.41) is 5.07. The predicted octanol–water partition coefficient (Wildman–Crippen LogP) is 3.79. The van der Waals surface area contributed by atoms with Crippen molar-refractivity contribution in [2.45, 2.75) is 43.4 Å². The molecule has 6 heteroatoms. The smallest absolute Gasteiger partial charge is 0.0753 e. The Morgan fingerprint density at radius 3 is 2.67 bits per heavy atom. The zero-order chi connectivity index (χ0) is 15.4. The molecule has 0 bridgehead atoms. The van der Waals surface area contributed by atoms with E-state index in [1.807, 2.05) is 16.9 Å². The number of nitrogens with zero attached hydrogens (tertiary/aromatic N) is 2. The van der Waals surface area contributed by atoms with Crippen molar-refractivity contribution in [3.8, 4) is 0 Å². The Morgan fingerprint density at radius 2 is 2.05 bits per heavy atom. The van der Waals surface area contributed by atoms with Crippen LogP contribution >= 0.6 is 11.6 Å². The zero-order valence-electron chi connectivity index (χ0n) is 12.3. The number of nitrogen functional groups attached to an aromatic ring is 1. The van der Waals surface area contributed by atoms with Crippen LogP contribution in [0.3, 0.4) is 0 Å². The van der Waals surface area contributed by atoms with Crippen molar-refractivity contribution in [3.63, 3.8) is 0 Å². The van der Waals surface area contributed by atoms with Crippen LogP contribution < -0.4 is 5.73 Å². The van der Waals surface area contributed by atoms with Crippen LogP contribution in [0.25, 0.3) is 0 Å². The van der Waals surface area contributed by atoms with Gasteiger partial charge in [0.2, 0.25) is 0 Å². The van der Waals surface area contributed by atoms with Gasteiger partial charge in [-0.1, -0.05) is 25.4 Å². The van der Waals surface area contributed by atoms with Crippen LogP contribution in [0.2, 0.25) is 5.02 Å². The lowest BCUT2D eigenvalue weighted by Gasteiger charge is -2.12. The summed E-state index contributed by atoms with van der Waals surface area (Å²) in [6.45, 7) is 4.28. The number of hydrogen-bond acceptors (Lipinski definition) is 3. The normalized spacial score (nSPS) is 12.8. The molecule has 1 atom stereocenters. The second-order valence-electron chi connectivity index (χ2n) is 4.93. The van der Waals surface area contributed by atoms with Gasteiger partial charge in [-0.25, -0.2) is 0 Å². The van der Waals surface area contributed by atoms with Gasteiger partial charge in [-0.3, -0.25) is 8.89 Å². The number of benzene rings is 1. The van der Waals surface area contributed by atoms with Gasteiger partial charge >= 0.3 is 0 Å². The Labute approximate surface area is 132 Å². The molecule has 0 aliphatic rings. The second kappa shape index (κ2) is 7.09. The van der Waals surface area contributed by atoms with Gasteiger partial charge in [-0.15, -0.1) is 0 Å². The van der Waals surface area contributed by atoms with Crippen LogP contribution in [0.4, 0.5) is 5.69 Å². The second-order valence-corrected chi connectivity index (χ2v) is 6.79. The number of rotatable bonds is 6. The summed E-state index contributed by atoms with van der Waals surface area (Å²) in [7, 11) is -1.22. The lowest BCUT2D eigenvalue weighted by molar-refractivity contribution is 0.426. The third-order valence-corrected chi connectivity index (χ3v) is 5.13. The predicted molar refractivity (Wildman–Crippen MR) is 87.8 cm³/mol. The van der Waals surface area contributed by atoms with E-state index in [1.165, 1.54) is 0 Å². The molecule has 0 radical (unpaired) electrons. The first-order chi connectivity index (χ1) is 10.0. The minimum Gasteiger partial charge on any atom is -0.398 e. The first-order valence-electron chi connectivity index (χ1n) is 7.02. The standard InChI is InChI=1S/C15H20ClN3OS/c1-3-13(4-2)19-8-7-12(18-19)10-21(20)15-6-5-11(16)9-14(15)17/h5-9,13H,3-4,10,17H2,1-2H3. The van der Waals surface area contributed by atoms with Gasteiger partial charge in [0.05, 0.1) is 33.2 Å². The van der Waals surface area contributed by atoms with E-state index in [9.17, 15) is 4.21 Å². The third kappa shape index (κ3) is 3.86. The van der Waals surface area contributed by atoms with E-state index in [2.05, 4.69) is 18.9 Å². The molecule has 0 aliphatic carbocycles. The Balaban J connectivity index is 2.13. The molecule has 21 heavy (non-hydrogen) atoms. The fourth-order valence-electron chi connectivity index (χ4n) is 2.26. The Hall–Kier alpha value is -1.33. The van der Waals surface area contributed by atoms with Gasteiger partial charge in [0.1, 0.15) is 0 Å². The summed E-state index contributed by atoms with van der Waals surface area (Å²) in [6.07, 6.45) is 4.02. The lowest BCUT2D eigenvalue weighted by Crippen LogP contribution is -2.08. The summed E-state index contributed by atoms with van der Waals surface area (Å²) in [6, 6.07) is 7.35. The van der Waals surface area contributed by atoms with Crippen LogP contribution in [0.1, 0.15) is 38.4 Å². The Kier molecular flexibility index (Phi) is 5.42. The van der Waals surface area contributed by atoms with E-state index in [4.69, 9.17) is 17.3 Å². The maximum Gasteiger partial charge on any atom is 0.0753 e. The van der Waals surface area contributed by atoms with Crippen molar-refractivity contribution in [1.82, 2.24) is 9.78 Å². The highest BCUT2D eigenvalue weighted by molar-refractivity contribution is 7.84. The van der Waals surface area contributed by atoms with Gasteiger partial charge < -0.3 is 5.73 Å². The number of hydrogen-bond donors (Lipinski definition) is 1. The van der Waals surface area contributed by atoms with E-state index in [1.54, 1.807) is 18.2 Å². The number of anilines is 1. The topological polar surface area (TPSA) is 60.9 Å². The SMILES string of the molecule is CCC(CC)n1ccc(CS(=O)c2ccc(Cl)cc2N)n1. The number of nitrogens with two attached hydrogens (primary N) is 1. The monoisotopic (exact) mass is 325 g/mol. The van der Waals surface area contributed by atoms with Crippen LogP contribution in [-0.4, -0.2) is 14.0 Å². The molecule has 2 N–H and O–H groups in total. The summed E-state index contributed by atoms with van der Waals surface area (Å²) < 4.78 is 14.4. The van der Waals surface area contributed by atoms with Crippen molar-refractivity contribution in [2.24, 2.45) is 0 Å². The molecule has 1 heterocycles. The highest BCUT2D eigenvalue weighted by atomic mass is 35.5. The van der Waals surface area contributed by atoms with Crippen molar-refractivity contribution in [1.29, 1.82) is 0 Å². The van der Waals surface area contributed by atoms with E-state index < -0.39 is 10.8 Å². The molecule has 2 rings (SSSR count). The highest BCUT2D eigenvalue weighted by Gasteiger charge is 2.13. The molecule has 4 nitrogen and oxygen atoms in total. The van der Waals surface area contributed by atoms with E-state index in [0.29, 0.717) is 27.4 Å². The molecule has 0 aliphatic heterocycles. The molecule has 1 unspecified atom stereocenters. The average molecular weight is 326 g/mol. The minimum absolute atomic E-state index is 0.360. The molecule has 1 aromatic carbocycles. The van der Waals surface area contributed by atoms with Crippen molar-refractivity contribution in [2.75, 3.05) is 5.73 Å². The van der Waals surface area contributed by atoms with Crippen molar-refractivity contribution >= 4 is 28.1 Å². The van der Waals surface area contributed by atoms with Crippen LogP contribution in [-0.2, 0) is 16.6 Å². The van der Waals surface area contributed by atoms with Crippen molar-refractivity contribution in [3.05, 3.63) is 41.2 Å². The quantitative estimate of drug-likeness (QED) is 0.822. The van der Waals surface area contributed by atoms with E-state index in [0.717, 1.165) is 18.5 Å². The van der Waals surface area contributed by atoms with Gasteiger partial charge in [0.25, 0.3) is 0 Å². The summed E-state index contributed by atoms with van der Waals surface area (Å²) in [4.78, 5) is 0.608. The van der Waals surface area contributed by atoms with Gasteiger partial charge in [-0.2, -0.15) is 5.10 Å². The average Bonchev–Trinajstić information content (AvgIpc) is 2.88. The molecule has 0 saturated carbocycles. The lowest BCUT2D eigenvalue weighted by atomic mass is 10.2. The number of halogens is 1. The third-order valence-electron chi connectivity index (χ3n) is 3.48. The van der Waals surface area contributed by atoms with Crippen molar-refractivity contribution < 1.29 is 4.21 Å². The molecule has 2 aromatic rings. The fourth-order valence-corrected chi connectivity index (χ4v) is 3.56. The Morgan fingerprint density at radius 1 is 1.33 bits per heavy atom. The minimum atomic E-state index is -1.22. The van der Waals surface area contributed by atoms with Gasteiger partial charge in [0, 0.05) is 16.9 Å². The van der Waals surface area contributed by atoms with Crippen LogP contribution in [0, 0.1) is 0 Å².